The van der Waals surface area contributed by atoms with Crippen LogP contribution in [0, 0.1) is 0 Å². The fraction of sp³-hybridized carbons (Fsp3) is 0.240. The number of benzene rings is 2. The fourth-order valence-electron chi connectivity index (χ4n) is 3.38. The van der Waals surface area contributed by atoms with Crippen molar-refractivity contribution in [3.8, 4) is 17.0 Å². The summed E-state index contributed by atoms with van der Waals surface area (Å²) in [5, 5.41) is 10.6. The number of carbonyl (C=O) groups excluding carboxylic acids is 2. The first-order valence-corrected chi connectivity index (χ1v) is 10.4. The fourth-order valence-corrected chi connectivity index (χ4v) is 3.38. The van der Waals surface area contributed by atoms with Crippen LogP contribution >= 0.6 is 0 Å². The van der Waals surface area contributed by atoms with E-state index < -0.39 is 11.7 Å². The Morgan fingerprint density at radius 2 is 1.88 bits per heavy atom. The van der Waals surface area contributed by atoms with Crippen molar-refractivity contribution in [2.75, 3.05) is 33.1 Å². The summed E-state index contributed by atoms with van der Waals surface area (Å²) in [6.07, 6.45) is 2.00. The zero-order valence-electron chi connectivity index (χ0n) is 19.0. The van der Waals surface area contributed by atoms with Crippen LogP contribution in [-0.2, 0) is 4.79 Å². The molecule has 1 amide bonds. The number of H-pyrrole nitrogens is 1. The molecule has 7 nitrogen and oxygen atoms in total. The molecule has 0 bridgehead atoms. The highest BCUT2D eigenvalue weighted by molar-refractivity contribution is 6.42. The Labute approximate surface area is 188 Å². The van der Waals surface area contributed by atoms with E-state index in [1.54, 1.807) is 32.4 Å². The van der Waals surface area contributed by atoms with E-state index in [4.69, 9.17) is 4.74 Å². The van der Waals surface area contributed by atoms with Gasteiger partial charge in [-0.3, -0.25) is 14.7 Å². The molecule has 0 spiro atoms. The normalized spacial score (nSPS) is 11.2. The number of nitrogens with zero attached hydrogens (tertiary/aromatic N) is 2. The summed E-state index contributed by atoms with van der Waals surface area (Å²) in [6.45, 7) is 4.27. The standard InChI is InChI=1S/C25H28N4O3/c1-6-29(4)25(31)23(30)18-11-9-10-17(15-18)16(2)14-20-22(27-28-24(20)26-3)19-12-7-8-13-21(19)32-5/h7-15H,6H2,1-5H3,(H2,26,27,28)/b16-14+. The summed E-state index contributed by atoms with van der Waals surface area (Å²) < 4.78 is 5.52. The third-order valence-corrected chi connectivity index (χ3v) is 5.37. The van der Waals surface area contributed by atoms with Gasteiger partial charge in [-0.25, -0.2) is 0 Å². The predicted molar refractivity (Wildman–Crippen MR) is 128 cm³/mol. The van der Waals surface area contributed by atoms with Crippen molar-refractivity contribution in [1.82, 2.24) is 15.1 Å². The van der Waals surface area contributed by atoms with E-state index in [9.17, 15) is 9.59 Å². The van der Waals surface area contributed by atoms with Gasteiger partial charge in [-0.15, -0.1) is 0 Å². The summed E-state index contributed by atoms with van der Waals surface area (Å²) in [6, 6.07) is 14.8. The number of aromatic nitrogens is 2. The zero-order chi connectivity index (χ0) is 23.3. The van der Waals surface area contributed by atoms with Crippen LogP contribution in [0.25, 0.3) is 22.9 Å². The molecule has 0 saturated heterocycles. The van der Waals surface area contributed by atoms with Crippen LogP contribution < -0.4 is 10.1 Å². The van der Waals surface area contributed by atoms with E-state index >= 15 is 0 Å². The monoisotopic (exact) mass is 432 g/mol. The minimum absolute atomic E-state index is 0.367. The molecule has 0 aliphatic carbocycles. The number of para-hydroxylation sites is 1. The molecule has 0 saturated carbocycles. The Hall–Kier alpha value is -3.87. The largest absolute Gasteiger partial charge is 0.496 e. The molecule has 7 heteroatoms. The molecule has 1 heterocycles. The maximum Gasteiger partial charge on any atom is 0.294 e. The molecule has 0 atom stereocenters. The summed E-state index contributed by atoms with van der Waals surface area (Å²) in [7, 11) is 5.06. The van der Waals surface area contributed by atoms with Gasteiger partial charge in [-0.1, -0.05) is 30.3 Å². The second-order valence-corrected chi connectivity index (χ2v) is 7.37. The summed E-state index contributed by atoms with van der Waals surface area (Å²) in [5.41, 5.74) is 4.71. The second kappa shape index (κ2) is 9.96. The molecule has 0 fully saturated rings. The number of hydrogen-bond acceptors (Lipinski definition) is 5. The van der Waals surface area contributed by atoms with Crippen molar-refractivity contribution >= 4 is 29.2 Å². The van der Waals surface area contributed by atoms with Gasteiger partial charge in [0, 0.05) is 37.3 Å². The van der Waals surface area contributed by atoms with Crippen molar-refractivity contribution in [2.24, 2.45) is 0 Å². The van der Waals surface area contributed by atoms with Crippen molar-refractivity contribution in [3.05, 3.63) is 65.2 Å². The number of anilines is 1. The lowest BCUT2D eigenvalue weighted by Gasteiger charge is -2.13. The molecule has 2 N–H and O–H groups in total. The number of likely N-dealkylation sites (N-methyl/N-ethyl adjacent to an activating group) is 1. The molecule has 0 unspecified atom stereocenters. The van der Waals surface area contributed by atoms with Crippen LogP contribution in [-0.4, -0.2) is 54.5 Å². The van der Waals surface area contributed by atoms with E-state index in [1.165, 1.54) is 4.90 Å². The quantitative estimate of drug-likeness (QED) is 0.408. The molecule has 0 aliphatic heterocycles. The SMILES string of the molecule is CCN(C)C(=O)C(=O)c1cccc(/C(C)=C/c2c(NC)n[nH]c2-c2ccccc2OC)c1. The van der Waals surface area contributed by atoms with Crippen LogP contribution in [0.15, 0.2) is 48.5 Å². The Morgan fingerprint density at radius 3 is 2.56 bits per heavy atom. The summed E-state index contributed by atoms with van der Waals surface area (Å²) in [4.78, 5) is 26.3. The van der Waals surface area contributed by atoms with Crippen LogP contribution in [0.2, 0.25) is 0 Å². The lowest BCUT2D eigenvalue weighted by atomic mass is 9.98. The molecule has 32 heavy (non-hydrogen) atoms. The number of Topliss-reactive ketones (excluding diaryl/α,β-unsaturated/α-hetero) is 1. The molecule has 2 aromatic carbocycles. The first-order valence-electron chi connectivity index (χ1n) is 10.4. The lowest BCUT2D eigenvalue weighted by molar-refractivity contribution is -0.125. The third-order valence-electron chi connectivity index (χ3n) is 5.37. The topological polar surface area (TPSA) is 87.3 Å². The van der Waals surface area contributed by atoms with Crippen LogP contribution in [0.3, 0.4) is 0 Å². The number of rotatable bonds is 8. The van der Waals surface area contributed by atoms with Crippen molar-refractivity contribution < 1.29 is 14.3 Å². The highest BCUT2D eigenvalue weighted by atomic mass is 16.5. The molecular formula is C25H28N4O3. The highest BCUT2D eigenvalue weighted by Crippen LogP contribution is 2.35. The van der Waals surface area contributed by atoms with Gasteiger partial charge >= 0.3 is 0 Å². The van der Waals surface area contributed by atoms with Crippen molar-refractivity contribution in [2.45, 2.75) is 13.8 Å². The lowest BCUT2D eigenvalue weighted by Crippen LogP contribution is -2.33. The average molecular weight is 433 g/mol. The van der Waals surface area contributed by atoms with Gasteiger partial charge in [0.15, 0.2) is 5.82 Å². The van der Waals surface area contributed by atoms with Gasteiger partial charge in [0.05, 0.1) is 12.8 Å². The number of ketones is 1. The summed E-state index contributed by atoms with van der Waals surface area (Å²) >= 11 is 0. The number of allylic oxidation sites excluding steroid dienone is 1. The van der Waals surface area contributed by atoms with E-state index in [0.29, 0.717) is 17.9 Å². The van der Waals surface area contributed by atoms with Crippen LogP contribution in [0.5, 0.6) is 5.75 Å². The average Bonchev–Trinajstić information content (AvgIpc) is 3.24. The molecule has 0 aliphatic rings. The molecule has 166 valence electrons. The van der Waals surface area contributed by atoms with Gasteiger partial charge in [-0.05, 0) is 49.3 Å². The number of carbonyl (C=O) groups is 2. The second-order valence-electron chi connectivity index (χ2n) is 7.37. The first-order chi connectivity index (χ1) is 15.4. The molecule has 1 aromatic heterocycles. The van der Waals surface area contributed by atoms with E-state index in [0.717, 1.165) is 33.7 Å². The Balaban J connectivity index is 2.03. The minimum atomic E-state index is -0.517. The van der Waals surface area contributed by atoms with E-state index in [-0.39, 0.29) is 0 Å². The smallest absolute Gasteiger partial charge is 0.294 e. The summed E-state index contributed by atoms with van der Waals surface area (Å²) in [5.74, 6) is 0.393. The van der Waals surface area contributed by atoms with Crippen molar-refractivity contribution in [3.63, 3.8) is 0 Å². The van der Waals surface area contributed by atoms with Gasteiger partial charge in [0.1, 0.15) is 5.75 Å². The Bertz CT molecular complexity index is 1160. The maximum atomic E-state index is 12.6. The Kier molecular flexibility index (Phi) is 7.10. The number of ether oxygens (including phenoxy) is 1. The number of methoxy groups -OCH3 is 1. The van der Waals surface area contributed by atoms with E-state index in [2.05, 4.69) is 15.5 Å². The van der Waals surface area contributed by atoms with Crippen LogP contribution in [0.4, 0.5) is 5.82 Å². The van der Waals surface area contributed by atoms with Gasteiger partial charge in [0.2, 0.25) is 5.78 Å². The van der Waals surface area contributed by atoms with Crippen molar-refractivity contribution in [1.29, 1.82) is 0 Å². The first kappa shape index (κ1) is 22.8. The van der Waals surface area contributed by atoms with Gasteiger partial charge in [0.25, 0.3) is 5.91 Å². The predicted octanol–water partition coefficient (Wildman–Crippen LogP) is 4.35. The highest BCUT2D eigenvalue weighted by Gasteiger charge is 2.20. The Morgan fingerprint density at radius 1 is 1.16 bits per heavy atom. The zero-order valence-corrected chi connectivity index (χ0v) is 19.0. The number of amides is 1. The molecule has 3 aromatic rings. The molecular weight excluding hydrogens is 404 g/mol. The molecule has 0 radical (unpaired) electrons. The minimum Gasteiger partial charge on any atom is -0.496 e. The van der Waals surface area contributed by atoms with Crippen LogP contribution in [0.1, 0.15) is 35.3 Å². The number of aromatic amines is 1. The third kappa shape index (κ3) is 4.56. The maximum absolute atomic E-state index is 12.6. The number of hydrogen-bond donors (Lipinski definition) is 2. The van der Waals surface area contributed by atoms with E-state index in [1.807, 2.05) is 57.3 Å². The van der Waals surface area contributed by atoms with Gasteiger partial charge in [-0.2, -0.15) is 5.10 Å². The molecule has 3 rings (SSSR count). The number of nitrogens with one attached hydrogen (secondary N) is 2. The van der Waals surface area contributed by atoms with Gasteiger partial charge < -0.3 is 15.0 Å².